The predicted octanol–water partition coefficient (Wildman–Crippen LogP) is 1.13. The van der Waals surface area contributed by atoms with E-state index in [4.69, 9.17) is 0 Å². The molecule has 0 bridgehead atoms. The van der Waals surface area contributed by atoms with Crippen molar-refractivity contribution in [3.63, 3.8) is 0 Å². The molecule has 2 aromatic rings. The van der Waals surface area contributed by atoms with Gasteiger partial charge >= 0.3 is 6.03 Å². The van der Waals surface area contributed by atoms with Crippen LogP contribution in [0.4, 0.5) is 4.79 Å². The summed E-state index contributed by atoms with van der Waals surface area (Å²) >= 11 is 1.65. The third kappa shape index (κ3) is 5.21. The molecule has 154 valence electrons. The van der Waals surface area contributed by atoms with E-state index >= 15 is 0 Å². The van der Waals surface area contributed by atoms with Crippen LogP contribution < -0.4 is 15.6 Å². The number of carbonyl (C=O) groups excluding carboxylic acids is 3. The number of hydrazine groups is 1. The highest BCUT2D eigenvalue weighted by Crippen LogP contribution is 2.22. The van der Waals surface area contributed by atoms with E-state index in [9.17, 15) is 14.4 Å². The van der Waals surface area contributed by atoms with E-state index in [1.54, 1.807) is 18.3 Å². The lowest BCUT2D eigenvalue weighted by atomic mass is 9.93. The average molecular weight is 416 g/mol. The Labute approximate surface area is 174 Å². The molecule has 29 heavy (non-hydrogen) atoms. The molecule has 2 atom stereocenters. The van der Waals surface area contributed by atoms with Gasteiger partial charge in [0.15, 0.2) is 6.54 Å². The zero-order chi connectivity index (χ0) is 20.9. The fourth-order valence-corrected chi connectivity index (χ4v) is 4.13. The Hall–Kier alpha value is -2.71. The Morgan fingerprint density at radius 1 is 1.21 bits per heavy atom. The molecule has 0 aliphatic carbocycles. The van der Waals surface area contributed by atoms with Crippen molar-refractivity contribution in [3.05, 3.63) is 58.3 Å². The molecule has 3 N–H and O–H groups in total. The molecule has 1 saturated heterocycles. The van der Waals surface area contributed by atoms with Gasteiger partial charge in [-0.3, -0.25) is 15.0 Å². The van der Waals surface area contributed by atoms with Crippen LogP contribution in [0.2, 0.25) is 0 Å². The third-order valence-corrected chi connectivity index (χ3v) is 6.05. The molecule has 4 amide bonds. The number of hydrogen-bond acceptors (Lipinski definition) is 4. The molecule has 1 aromatic heterocycles. The first kappa shape index (κ1) is 21.0. The minimum absolute atomic E-state index is 0.187. The molecule has 1 aliphatic heterocycles. The number of carbonyl (C=O) groups is 3. The fraction of sp³-hybridized carbons (Fsp3) is 0.381. The van der Waals surface area contributed by atoms with Crippen LogP contribution in [0, 0.1) is 0 Å². The molecule has 1 unspecified atom stereocenters. The second-order valence-corrected chi connectivity index (χ2v) is 8.49. The fourth-order valence-electron chi connectivity index (χ4n) is 3.36. The summed E-state index contributed by atoms with van der Waals surface area (Å²) in [5.74, 6) is -0.780. The Balaban J connectivity index is 1.56. The first-order valence-electron chi connectivity index (χ1n) is 9.77. The van der Waals surface area contributed by atoms with Crippen molar-refractivity contribution in [1.82, 2.24) is 15.8 Å². The Kier molecular flexibility index (Phi) is 6.66. The number of rotatable bonds is 9. The van der Waals surface area contributed by atoms with E-state index < -0.39 is 17.5 Å². The maximum absolute atomic E-state index is 12.8. The van der Waals surface area contributed by atoms with Crippen LogP contribution in [-0.4, -0.2) is 41.5 Å². The molecule has 1 fully saturated rings. The van der Waals surface area contributed by atoms with Gasteiger partial charge < -0.3 is 10.2 Å². The van der Waals surface area contributed by atoms with Crippen LogP contribution in [0.1, 0.15) is 30.7 Å². The van der Waals surface area contributed by atoms with Crippen LogP contribution in [0.5, 0.6) is 0 Å². The van der Waals surface area contributed by atoms with Crippen molar-refractivity contribution in [2.45, 2.75) is 38.8 Å². The van der Waals surface area contributed by atoms with Crippen molar-refractivity contribution in [3.8, 4) is 0 Å². The largest absolute Gasteiger partial charge is 0.344 e. The molecule has 1 aliphatic rings. The molecule has 8 heteroatoms. The van der Waals surface area contributed by atoms with Crippen molar-refractivity contribution in [2.75, 3.05) is 13.1 Å². The number of imide groups is 1. The predicted molar refractivity (Wildman–Crippen MR) is 111 cm³/mol. The monoisotopic (exact) mass is 415 g/mol. The summed E-state index contributed by atoms with van der Waals surface area (Å²) in [4.78, 5) is 39.9. The zero-order valence-corrected chi connectivity index (χ0v) is 17.6. The van der Waals surface area contributed by atoms with E-state index in [0.717, 1.165) is 28.6 Å². The van der Waals surface area contributed by atoms with Gasteiger partial charge in [0.2, 0.25) is 0 Å². The molecule has 2 heterocycles. The number of thiophene rings is 1. The lowest BCUT2D eigenvalue weighted by molar-refractivity contribution is -0.903. The van der Waals surface area contributed by atoms with Gasteiger partial charge in [-0.05, 0) is 43.7 Å². The van der Waals surface area contributed by atoms with Gasteiger partial charge in [-0.1, -0.05) is 36.4 Å². The highest BCUT2D eigenvalue weighted by atomic mass is 32.1. The molecular formula is C21H27N4O3S+. The summed E-state index contributed by atoms with van der Waals surface area (Å²) in [5, 5.41) is 5.56. The highest BCUT2D eigenvalue weighted by Gasteiger charge is 2.48. The topological polar surface area (TPSA) is 82.9 Å². The molecule has 3 rings (SSSR count). The van der Waals surface area contributed by atoms with Crippen molar-refractivity contribution in [2.24, 2.45) is 0 Å². The van der Waals surface area contributed by atoms with E-state index in [-0.39, 0.29) is 12.5 Å². The number of aryl methyl sites for hydroxylation is 1. The van der Waals surface area contributed by atoms with Crippen LogP contribution in [0.3, 0.4) is 0 Å². The zero-order valence-electron chi connectivity index (χ0n) is 16.7. The van der Waals surface area contributed by atoms with Crippen LogP contribution >= 0.6 is 11.3 Å². The van der Waals surface area contributed by atoms with E-state index in [1.165, 1.54) is 4.88 Å². The smallest absolute Gasteiger partial charge is 0.323 e. The number of nitrogens with one attached hydrogen (secondary N) is 3. The van der Waals surface area contributed by atoms with Gasteiger partial charge in [0.1, 0.15) is 12.1 Å². The minimum Gasteiger partial charge on any atom is -0.323 e. The van der Waals surface area contributed by atoms with Gasteiger partial charge in [-0.25, -0.2) is 4.79 Å². The number of amides is 4. The number of urea groups is 1. The van der Waals surface area contributed by atoms with Crippen LogP contribution in [0.25, 0.3) is 0 Å². The van der Waals surface area contributed by atoms with Gasteiger partial charge in [0.05, 0.1) is 11.4 Å². The Morgan fingerprint density at radius 3 is 2.62 bits per heavy atom. The second kappa shape index (κ2) is 9.19. The van der Waals surface area contributed by atoms with E-state index in [1.807, 2.05) is 54.8 Å². The maximum Gasteiger partial charge on any atom is 0.344 e. The summed E-state index contributed by atoms with van der Waals surface area (Å²) in [6.45, 7) is 5.39. The number of benzene rings is 1. The summed E-state index contributed by atoms with van der Waals surface area (Å²) in [6.07, 6.45) is 1.11. The maximum atomic E-state index is 12.8. The molecule has 1 aromatic carbocycles. The third-order valence-electron chi connectivity index (χ3n) is 5.17. The van der Waals surface area contributed by atoms with Crippen LogP contribution in [0.15, 0.2) is 47.8 Å². The highest BCUT2D eigenvalue weighted by molar-refractivity contribution is 7.09. The van der Waals surface area contributed by atoms with Crippen molar-refractivity contribution >= 4 is 29.2 Å². The SMILES string of the molecule is CC[NH+](CC(=O)NN1C(=O)N[C@@](C)(CCc2ccccc2)C1=O)Cc1cccs1. The number of hydrogen-bond donors (Lipinski definition) is 3. The van der Waals surface area contributed by atoms with E-state index in [2.05, 4.69) is 10.7 Å². The summed E-state index contributed by atoms with van der Waals surface area (Å²) in [6, 6.07) is 13.2. The standard InChI is InChI=1S/C21H26N4O3S/c1-3-24(14-17-10-7-13-29-17)15-18(26)23-25-19(27)21(2,22-20(25)28)12-11-16-8-5-4-6-9-16/h4-10,13H,3,11-12,14-15H2,1-2H3,(H,22,28)(H,23,26)/p+1/t21-/m0/s1. The van der Waals surface area contributed by atoms with E-state index in [0.29, 0.717) is 12.8 Å². The lowest BCUT2D eigenvalue weighted by Gasteiger charge is -2.22. The van der Waals surface area contributed by atoms with Gasteiger partial charge in [0, 0.05) is 0 Å². The molecule has 7 nitrogen and oxygen atoms in total. The number of nitrogens with zero attached hydrogens (tertiary/aromatic N) is 1. The first-order valence-corrected chi connectivity index (χ1v) is 10.7. The normalized spacial score (nSPS) is 19.9. The second-order valence-electron chi connectivity index (χ2n) is 7.46. The summed E-state index contributed by atoms with van der Waals surface area (Å²) < 4.78 is 0. The molecule has 0 saturated carbocycles. The first-order chi connectivity index (χ1) is 13.9. The summed E-state index contributed by atoms with van der Waals surface area (Å²) in [7, 11) is 0. The number of quaternary nitrogens is 1. The number of likely N-dealkylation sites (N-methyl/N-ethyl adjacent to an activating group) is 1. The average Bonchev–Trinajstić information content (AvgIpc) is 3.29. The minimum atomic E-state index is -1.03. The Morgan fingerprint density at radius 2 is 1.97 bits per heavy atom. The Bertz CT molecular complexity index is 856. The van der Waals surface area contributed by atoms with Gasteiger partial charge in [0.25, 0.3) is 11.8 Å². The van der Waals surface area contributed by atoms with Gasteiger partial charge in [-0.15, -0.1) is 11.3 Å². The van der Waals surface area contributed by atoms with Gasteiger partial charge in [-0.2, -0.15) is 5.01 Å². The molecular weight excluding hydrogens is 388 g/mol. The lowest BCUT2D eigenvalue weighted by Crippen LogP contribution is -3.11. The molecule has 0 radical (unpaired) electrons. The quantitative estimate of drug-likeness (QED) is 0.537. The van der Waals surface area contributed by atoms with Crippen molar-refractivity contribution < 1.29 is 19.3 Å². The van der Waals surface area contributed by atoms with Crippen molar-refractivity contribution in [1.29, 1.82) is 0 Å². The van der Waals surface area contributed by atoms with Crippen LogP contribution in [-0.2, 0) is 22.6 Å². The molecule has 0 spiro atoms. The summed E-state index contributed by atoms with van der Waals surface area (Å²) in [5.41, 5.74) is 2.55.